The van der Waals surface area contributed by atoms with E-state index < -0.39 is 0 Å². The molecule has 126 valence electrons. The molecule has 0 heterocycles. The average molecular weight is 308 g/mol. The van der Waals surface area contributed by atoms with E-state index in [0.717, 1.165) is 25.3 Å². The lowest BCUT2D eigenvalue weighted by molar-refractivity contribution is -0.120. The van der Waals surface area contributed by atoms with E-state index in [1.165, 1.54) is 51.4 Å². The topological polar surface area (TPSA) is 65.5 Å². The largest absolute Gasteiger partial charge is 0.357 e. The van der Waals surface area contributed by atoms with Gasteiger partial charge >= 0.3 is 0 Å². The molecular formula is C17H32N4O. The second-order valence-electron chi connectivity index (χ2n) is 6.58. The molecule has 0 radical (unpaired) electrons. The van der Waals surface area contributed by atoms with Gasteiger partial charge in [-0.2, -0.15) is 0 Å². The molecule has 5 nitrogen and oxygen atoms in total. The molecule has 0 aromatic heterocycles. The number of rotatable bonds is 5. The first-order valence-corrected chi connectivity index (χ1v) is 9.12. The minimum absolute atomic E-state index is 0.0488. The van der Waals surface area contributed by atoms with E-state index in [2.05, 4.69) is 27.9 Å². The van der Waals surface area contributed by atoms with Crippen LogP contribution in [-0.2, 0) is 4.79 Å². The van der Waals surface area contributed by atoms with Crippen LogP contribution in [0.5, 0.6) is 0 Å². The van der Waals surface area contributed by atoms with Gasteiger partial charge in [-0.1, -0.05) is 38.5 Å². The van der Waals surface area contributed by atoms with Crippen LogP contribution in [-0.4, -0.2) is 37.0 Å². The van der Waals surface area contributed by atoms with E-state index in [9.17, 15) is 4.79 Å². The lowest BCUT2D eigenvalue weighted by atomic mass is 9.95. The van der Waals surface area contributed by atoms with Gasteiger partial charge in [0.25, 0.3) is 0 Å². The zero-order chi connectivity index (χ0) is 15.6. The summed E-state index contributed by atoms with van der Waals surface area (Å²) < 4.78 is 0. The Morgan fingerprint density at radius 1 is 0.909 bits per heavy atom. The van der Waals surface area contributed by atoms with Crippen molar-refractivity contribution in [3.63, 3.8) is 0 Å². The number of guanidine groups is 1. The molecule has 2 fully saturated rings. The highest BCUT2D eigenvalue weighted by Gasteiger charge is 2.16. The van der Waals surface area contributed by atoms with Crippen molar-refractivity contribution in [1.29, 1.82) is 0 Å². The zero-order valence-corrected chi connectivity index (χ0v) is 14.0. The van der Waals surface area contributed by atoms with Crippen LogP contribution in [0.3, 0.4) is 0 Å². The Hall–Kier alpha value is -1.26. The zero-order valence-electron chi connectivity index (χ0n) is 14.0. The molecule has 2 saturated carbocycles. The Morgan fingerprint density at radius 3 is 2.00 bits per heavy atom. The highest BCUT2D eigenvalue weighted by molar-refractivity contribution is 5.85. The normalized spacial score (nSPS) is 21.4. The van der Waals surface area contributed by atoms with Gasteiger partial charge in [0, 0.05) is 18.6 Å². The van der Waals surface area contributed by atoms with Crippen molar-refractivity contribution in [3.8, 4) is 0 Å². The Balaban J connectivity index is 1.76. The molecule has 3 N–H and O–H groups in total. The summed E-state index contributed by atoms with van der Waals surface area (Å²) in [6.07, 6.45) is 12.4. The standard InChI is InChI=1S/C17H32N4O/c1-2-18-17(21-15-11-7-4-8-12-15)19-13-16(22)20-14-9-5-3-6-10-14/h14-15H,2-13H2,1H3,(H,20,22)(H2,18,19,21). The van der Waals surface area contributed by atoms with Gasteiger partial charge in [-0.05, 0) is 32.6 Å². The van der Waals surface area contributed by atoms with Crippen LogP contribution in [0.25, 0.3) is 0 Å². The maximum absolute atomic E-state index is 12.0. The lowest BCUT2D eigenvalue weighted by Gasteiger charge is -2.25. The predicted octanol–water partition coefficient (Wildman–Crippen LogP) is 2.32. The highest BCUT2D eigenvalue weighted by Crippen LogP contribution is 2.18. The molecule has 22 heavy (non-hydrogen) atoms. The molecule has 0 atom stereocenters. The third-order valence-corrected chi connectivity index (χ3v) is 4.64. The fraction of sp³-hybridized carbons (Fsp3) is 0.882. The molecule has 0 saturated heterocycles. The maximum Gasteiger partial charge on any atom is 0.242 e. The molecule has 0 unspecified atom stereocenters. The first-order valence-electron chi connectivity index (χ1n) is 9.12. The fourth-order valence-electron chi connectivity index (χ4n) is 3.43. The smallest absolute Gasteiger partial charge is 0.242 e. The van der Waals surface area contributed by atoms with Crippen molar-refractivity contribution < 1.29 is 4.79 Å². The lowest BCUT2D eigenvalue weighted by Crippen LogP contribution is -2.45. The molecule has 0 bridgehead atoms. The van der Waals surface area contributed by atoms with Gasteiger partial charge in [-0.3, -0.25) is 4.79 Å². The molecule has 0 aromatic carbocycles. The van der Waals surface area contributed by atoms with Crippen molar-refractivity contribution in [2.45, 2.75) is 83.2 Å². The van der Waals surface area contributed by atoms with Gasteiger partial charge < -0.3 is 16.0 Å². The van der Waals surface area contributed by atoms with Crippen molar-refractivity contribution in [1.82, 2.24) is 16.0 Å². The van der Waals surface area contributed by atoms with Gasteiger partial charge in [-0.15, -0.1) is 0 Å². The number of hydrogen-bond acceptors (Lipinski definition) is 2. The summed E-state index contributed by atoms with van der Waals surface area (Å²) in [6.45, 7) is 3.10. The van der Waals surface area contributed by atoms with Crippen LogP contribution in [0.4, 0.5) is 0 Å². The average Bonchev–Trinajstić information content (AvgIpc) is 2.55. The first kappa shape index (κ1) is 17.1. The Bertz CT molecular complexity index is 358. The van der Waals surface area contributed by atoms with Crippen molar-refractivity contribution >= 4 is 11.9 Å². The monoisotopic (exact) mass is 308 g/mol. The van der Waals surface area contributed by atoms with Gasteiger partial charge in [0.2, 0.25) is 5.91 Å². The fourth-order valence-corrected chi connectivity index (χ4v) is 3.43. The minimum Gasteiger partial charge on any atom is -0.357 e. The second kappa shape index (κ2) is 9.70. The van der Waals surface area contributed by atoms with Gasteiger partial charge in [0.1, 0.15) is 6.54 Å². The molecule has 0 aromatic rings. The van der Waals surface area contributed by atoms with Crippen molar-refractivity contribution in [2.75, 3.05) is 13.1 Å². The van der Waals surface area contributed by atoms with Crippen LogP contribution in [0.2, 0.25) is 0 Å². The Labute approximate surface area is 134 Å². The Morgan fingerprint density at radius 2 is 1.45 bits per heavy atom. The summed E-state index contributed by atoms with van der Waals surface area (Å²) in [4.78, 5) is 16.5. The summed E-state index contributed by atoms with van der Waals surface area (Å²) in [5.41, 5.74) is 0. The van der Waals surface area contributed by atoms with Gasteiger partial charge in [0.05, 0.1) is 0 Å². The number of aliphatic imine (C=N–C) groups is 1. The summed E-state index contributed by atoms with van der Waals surface area (Å²) in [7, 11) is 0. The van der Waals surface area contributed by atoms with Crippen LogP contribution in [0, 0.1) is 0 Å². The third-order valence-electron chi connectivity index (χ3n) is 4.64. The number of carbonyl (C=O) groups excluding carboxylic acids is 1. The van der Waals surface area contributed by atoms with Crippen LogP contribution >= 0.6 is 0 Å². The molecule has 2 rings (SSSR count). The molecule has 2 aliphatic carbocycles. The number of amides is 1. The number of carbonyl (C=O) groups is 1. The van der Waals surface area contributed by atoms with Crippen molar-refractivity contribution in [3.05, 3.63) is 0 Å². The van der Waals surface area contributed by atoms with E-state index in [1.807, 2.05) is 0 Å². The predicted molar refractivity (Wildman–Crippen MR) is 91.0 cm³/mol. The molecule has 0 spiro atoms. The van der Waals surface area contributed by atoms with Crippen LogP contribution < -0.4 is 16.0 Å². The molecule has 5 heteroatoms. The maximum atomic E-state index is 12.0. The van der Waals surface area contributed by atoms with E-state index in [-0.39, 0.29) is 12.5 Å². The van der Waals surface area contributed by atoms with Crippen molar-refractivity contribution in [2.24, 2.45) is 4.99 Å². The van der Waals surface area contributed by atoms with Gasteiger partial charge in [-0.25, -0.2) is 4.99 Å². The summed E-state index contributed by atoms with van der Waals surface area (Å²) in [6, 6.07) is 0.873. The van der Waals surface area contributed by atoms with E-state index in [1.54, 1.807) is 0 Å². The van der Waals surface area contributed by atoms with E-state index in [4.69, 9.17) is 0 Å². The summed E-state index contributed by atoms with van der Waals surface area (Å²) in [5.74, 6) is 0.834. The van der Waals surface area contributed by atoms with Crippen LogP contribution in [0.15, 0.2) is 4.99 Å². The molecule has 0 aliphatic heterocycles. The third kappa shape index (κ3) is 6.24. The SMILES string of the molecule is CCNC(=NCC(=O)NC1CCCCC1)NC1CCCCC1. The quantitative estimate of drug-likeness (QED) is 0.539. The molecular weight excluding hydrogens is 276 g/mol. The first-order chi connectivity index (χ1) is 10.8. The number of hydrogen-bond donors (Lipinski definition) is 3. The Kier molecular flexibility index (Phi) is 7.54. The highest BCUT2D eigenvalue weighted by atomic mass is 16.1. The summed E-state index contributed by atoms with van der Waals surface area (Å²) >= 11 is 0. The van der Waals surface area contributed by atoms with E-state index in [0.29, 0.717) is 12.1 Å². The van der Waals surface area contributed by atoms with Crippen LogP contribution in [0.1, 0.15) is 71.1 Å². The summed E-state index contributed by atoms with van der Waals surface area (Å²) in [5, 5.41) is 9.84. The number of nitrogens with zero attached hydrogens (tertiary/aromatic N) is 1. The number of nitrogens with one attached hydrogen (secondary N) is 3. The molecule has 1 amide bonds. The molecule has 2 aliphatic rings. The minimum atomic E-state index is 0.0488. The van der Waals surface area contributed by atoms with Gasteiger partial charge in [0.15, 0.2) is 5.96 Å². The second-order valence-corrected chi connectivity index (χ2v) is 6.58. The van der Waals surface area contributed by atoms with E-state index >= 15 is 0 Å².